The maximum Gasteiger partial charge on any atom is 0.0948 e. The molecule has 2 atom stereocenters. The minimum Gasteiger partial charge on any atom is -0.333 e. The number of nitrogens with one attached hydrogen (secondary N) is 1. The predicted molar refractivity (Wildman–Crippen MR) is 72.3 cm³/mol. The average molecular weight is 248 g/mol. The molecule has 2 aliphatic rings. The lowest BCUT2D eigenvalue weighted by Gasteiger charge is -2.24. The van der Waals surface area contributed by atoms with Gasteiger partial charge in [0.25, 0.3) is 0 Å². The number of imidazole rings is 1. The Labute approximate surface area is 109 Å². The van der Waals surface area contributed by atoms with Crippen LogP contribution in [0.1, 0.15) is 31.9 Å². The minimum absolute atomic E-state index is 0.737. The predicted octanol–water partition coefficient (Wildman–Crippen LogP) is 1.48. The van der Waals surface area contributed by atoms with Crippen LogP contribution >= 0.6 is 0 Å². The van der Waals surface area contributed by atoms with E-state index in [2.05, 4.69) is 26.7 Å². The molecular formula is C14H24N4. The molecule has 1 aromatic rings. The lowest BCUT2D eigenvalue weighted by Crippen LogP contribution is -2.40. The number of nitrogens with zero attached hydrogens (tertiary/aromatic N) is 3. The molecule has 0 saturated carbocycles. The second-order valence-electron chi connectivity index (χ2n) is 5.74. The number of aromatic nitrogens is 2. The maximum atomic E-state index is 4.29. The summed E-state index contributed by atoms with van der Waals surface area (Å²) < 4.78 is 2.30. The lowest BCUT2D eigenvalue weighted by molar-refractivity contribution is 0.304. The maximum absolute atomic E-state index is 4.29. The van der Waals surface area contributed by atoms with Crippen LogP contribution in [0, 0.1) is 5.92 Å². The van der Waals surface area contributed by atoms with Crippen molar-refractivity contribution in [3.05, 3.63) is 18.2 Å². The van der Waals surface area contributed by atoms with Crippen molar-refractivity contribution in [1.82, 2.24) is 19.8 Å². The molecule has 0 radical (unpaired) electrons. The first-order chi connectivity index (χ1) is 8.86. The zero-order valence-electron chi connectivity index (χ0n) is 11.3. The summed E-state index contributed by atoms with van der Waals surface area (Å²) in [5.41, 5.74) is 1.37. The number of piperidine rings is 1. The van der Waals surface area contributed by atoms with Crippen LogP contribution in [0.5, 0.6) is 0 Å². The van der Waals surface area contributed by atoms with E-state index in [9.17, 15) is 0 Å². The Morgan fingerprint density at radius 3 is 3.22 bits per heavy atom. The highest BCUT2D eigenvalue weighted by Crippen LogP contribution is 2.25. The summed E-state index contributed by atoms with van der Waals surface area (Å²) in [4.78, 5) is 6.89. The van der Waals surface area contributed by atoms with E-state index in [1.165, 1.54) is 44.6 Å². The highest BCUT2D eigenvalue weighted by atomic mass is 15.2. The van der Waals surface area contributed by atoms with Crippen molar-refractivity contribution in [1.29, 1.82) is 0 Å². The van der Waals surface area contributed by atoms with E-state index in [0.29, 0.717) is 0 Å². The molecule has 2 saturated heterocycles. The van der Waals surface area contributed by atoms with E-state index in [0.717, 1.165) is 25.0 Å². The van der Waals surface area contributed by atoms with Gasteiger partial charge in [-0.1, -0.05) is 6.92 Å². The van der Waals surface area contributed by atoms with Crippen LogP contribution in [-0.4, -0.2) is 40.1 Å². The molecule has 3 heterocycles. The summed E-state index contributed by atoms with van der Waals surface area (Å²) in [6.45, 7) is 8.06. The van der Waals surface area contributed by atoms with Crippen LogP contribution in [0.2, 0.25) is 0 Å². The number of hydrogen-bond donors (Lipinski definition) is 1. The van der Waals surface area contributed by atoms with Crippen molar-refractivity contribution >= 4 is 0 Å². The molecule has 0 amide bonds. The van der Waals surface area contributed by atoms with Gasteiger partial charge >= 0.3 is 0 Å². The van der Waals surface area contributed by atoms with E-state index >= 15 is 0 Å². The standard InChI is InChI=1S/C14H24N4/c1-2-6-18-11-15-7-13(18)9-17-8-12-4-3-5-16-14(12)10-17/h7,11-12,14,16H,2-6,8-10H2,1H3. The second-order valence-corrected chi connectivity index (χ2v) is 5.74. The minimum atomic E-state index is 0.737. The van der Waals surface area contributed by atoms with E-state index < -0.39 is 0 Å². The molecular weight excluding hydrogens is 224 g/mol. The van der Waals surface area contributed by atoms with Crippen LogP contribution in [0.3, 0.4) is 0 Å². The van der Waals surface area contributed by atoms with Gasteiger partial charge in [-0.2, -0.15) is 0 Å². The fraction of sp³-hybridized carbons (Fsp3) is 0.786. The quantitative estimate of drug-likeness (QED) is 0.876. The molecule has 18 heavy (non-hydrogen) atoms. The van der Waals surface area contributed by atoms with Gasteiger partial charge in [-0.05, 0) is 31.7 Å². The highest BCUT2D eigenvalue weighted by molar-refractivity contribution is 5.01. The molecule has 0 spiro atoms. The van der Waals surface area contributed by atoms with E-state index in [1.54, 1.807) is 0 Å². The third-order valence-electron chi connectivity index (χ3n) is 4.32. The van der Waals surface area contributed by atoms with Crippen molar-refractivity contribution < 1.29 is 0 Å². The van der Waals surface area contributed by atoms with Crippen LogP contribution < -0.4 is 5.32 Å². The summed E-state index contributed by atoms with van der Waals surface area (Å²) in [5.74, 6) is 0.876. The Balaban J connectivity index is 1.61. The normalized spacial score (nSPS) is 28.5. The van der Waals surface area contributed by atoms with Crippen LogP contribution in [0.15, 0.2) is 12.5 Å². The summed E-state index contributed by atoms with van der Waals surface area (Å²) in [5, 5.41) is 3.67. The summed E-state index contributed by atoms with van der Waals surface area (Å²) in [6.07, 6.45) is 7.94. The highest BCUT2D eigenvalue weighted by Gasteiger charge is 2.34. The van der Waals surface area contributed by atoms with Crippen molar-refractivity contribution in [2.24, 2.45) is 5.92 Å². The molecule has 100 valence electrons. The molecule has 3 rings (SSSR count). The Kier molecular flexibility index (Phi) is 3.66. The third kappa shape index (κ3) is 2.45. The van der Waals surface area contributed by atoms with Crippen molar-refractivity contribution in [2.45, 2.75) is 45.3 Å². The van der Waals surface area contributed by atoms with Gasteiger partial charge in [0.05, 0.1) is 12.0 Å². The first-order valence-corrected chi connectivity index (χ1v) is 7.31. The molecule has 0 aliphatic carbocycles. The van der Waals surface area contributed by atoms with Gasteiger partial charge in [-0.25, -0.2) is 4.98 Å². The van der Waals surface area contributed by atoms with Crippen LogP contribution in [0.4, 0.5) is 0 Å². The Morgan fingerprint density at radius 2 is 2.39 bits per heavy atom. The fourth-order valence-corrected chi connectivity index (χ4v) is 3.42. The average Bonchev–Trinajstić information content (AvgIpc) is 2.97. The Morgan fingerprint density at radius 1 is 1.44 bits per heavy atom. The molecule has 0 aromatic carbocycles. The van der Waals surface area contributed by atoms with Gasteiger partial charge in [0.15, 0.2) is 0 Å². The first-order valence-electron chi connectivity index (χ1n) is 7.31. The molecule has 2 aliphatic heterocycles. The zero-order chi connectivity index (χ0) is 12.4. The summed E-state index contributed by atoms with van der Waals surface area (Å²) in [6, 6.07) is 0.737. The van der Waals surface area contributed by atoms with Gasteiger partial charge in [0, 0.05) is 38.4 Å². The monoisotopic (exact) mass is 248 g/mol. The Bertz CT molecular complexity index is 373. The number of rotatable bonds is 4. The van der Waals surface area contributed by atoms with E-state index in [1.807, 2.05) is 12.5 Å². The SMILES string of the molecule is CCCn1cncc1CN1CC2CCCNC2C1. The fourth-order valence-electron chi connectivity index (χ4n) is 3.42. The van der Waals surface area contributed by atoms with Gasteiger partial charge in [0.2, 0.25) is 0 Å². The molecule has 4 heteroatoms. The number of likely N-dealkylation sites (tertiary alicyclic amines) is 1. The van der Waals surface area contributed by atoms with Crippen molar-refractivity contribution in [2.75, 3.05) is 19.6 Å². The summed E-state index contributed by atoms with van der Waals surface area (Å²) >= 11 is 0. The topological polar surface area (TPSA) is 33.1 Å². The third-order valence-corrected chi connectivity index (χ3v) is 4.32. The zero-order valence-corrected chi connectivity index (χ0v) is 11.3. The van der Waals surface area contributed by atoms with Crippen LogP contribution in [-0.2, 0) is 13.1 Å². The molecule has 2 unspecified atom stereocenters. The van der Waals surface area contributed by atoms with Gasteiger partial charge in [-0.3, -0.25) is 4.90 Å². The van der Waals surface area contributed by atoms with E-state index in [4.69, 9.17) is 0 Å². The van der Waals surface area contributed by atoms with Gasteiger partial charge in [-0.15, -0.1) is 0 Å². The van der Waals surface area contributed by atoms with E-state index in [-0.39, 0.29) is 0 Å². The molecule has 2 fully saturated rings. The van der Waals surface area contributed by atoms with Gasteiger partial charge in [0.1, 0.15) is 0 Å². The Hall–Kier alpha value is -0.870. The molecule has 4 nitrogen and oxygen atoms in total. The molecule has 1 N–H and O–H groups in total. The first kappa shape index (κ1) is 12.2. The lowest BCUT2D eigenvalue weighted by atomic mass is 9.94. The largest absolute Gasteiger partial charge is 0.333 e. The van der Waals surface area contributed by atoms with Gasteiger partial charge < -0.3 is 9.88 Å². The molecule has 1 aromatic heterocycles. The van der Waals surface area contributed by atoms with Crippen molar-refractivity contribution in [3.63, 3.8) is 0 Å². The number of fused-ring (bicyclic) bond motifs is 1. The summed E-state index contributed by atoms with van der Waals surface area (Å²) in [7, 11) is 0. The van der Waals surface area contributed by atoms with Crippen LogP contribution in [0.25, 0.3) is 0 Å². The molecule has 0 bridgehead atoms. The smallest absolute Gasteiger partial charge is 0.0948 e. The number of hydrogen-bond acceptors (Lipinski definition) is 3. The van der Waals surface area contributed by atoms with Crippen molar-refractivity contribution in [3.8, 4) is 0 Å². The second kappa shape index (κ2) is 5.41. The number of aryl methyl sites for hydroxylation is 1.